The second-order valence-electron chi connectivity index (χ2n) is 4.53. The van der Waals surface area contributed by atoms with Gasteiger partial charge in [0.2, 0.25) is 5.91 Å². The second-order valence-corrected chi connectivity index (χ2v) is 4.53. The van der Waals surface area contributed by atoms with Gasteiger partial charge in [-0.15, -0.1) is 12.4 Å². The molecule has 2 saturated heterocycles. The van der Waals surface area contributed by atoms with E-state index in [1.165, 1.54) is 6.42 Å². The molecule has 0 aliphatic carbocycles. The van der Waals surface area contributed by atoms with Crippen molar-refractivity contribution < 1.29 is 9.53 Å². The topological polar surface area (TPSA) is 50.4 Å². The van der Waals surface area contributed by atoms with Crippen molar-refractivity contribution in [2.45, 2.75) is 31.7 Å². The zero-order valence-electron chi connectivity index (χ0n) is 9.54. The highest BCUT2D eigenvalue weighted by Crippen LogP contribution is 2.11. The minimum Gasteiger partial charge on any atom is -0.381 e. The molecule has 2 rings (SSSR count). The number of hydrogen-bond acceptors (Lipinski definition) is 3. The Labute approximate surface area is 103 Å². The highest BCUT2D eigenvalue weighted by atomic mass is 35.5. The lowest BCUT2D eigenvalue weighted by Crippen LogP contribution is -2.34. The fourth-order valence-electron chi connectivity index (χ4n) is 2.23. The summed E-state index contributed by atoms with van der Waals surface area (Å²) in [5.41, 5.74) is 0. The Morgan fingerprint density at radius 1 is 1.44 bits per heavy atom. The van der Waals surface area contributed by atoms with Gasteiger partial charge in [-0.3, -0.25) is 4.79 Å². The Kier molecular flexibility index (Phi) is 6.09. The Morgan fingerprint density at radius 2 is 2.31 bits per heavy atom. The predicted octanol–water partition coefficient (Wildman–Crippen LogP) is 0.703. The van der Waals surface area contributed by atoms with Crippen LogP contribution in [-0.2, 0) is 9.53 Å². The van der Waals surface area contributed by atoms with E-state index in [1.54, 1.807) is 0 Å². The Bertz CT molecular complexity index is 214. The van der Waals surface area contributed by atoms with Crippen LogP contribution in [-0.4, -0.2) is 38.3 Å². The fraction of sp³-hybridized carbons (Fsp3) is 0.909. The van der Waals surface area contributed by atoms with Crippen LogP contribution >= 0.6 is 12.4 Å². The normalized spacial score (nSPS) is 28.8. The van der Waals surface area contributed by atoms with Crippen LogP contribution in [0.2, 0.25) is 0 Å². The van der Waals surface area contributed by atoms with Crippen LogP contribution < -0.4 is 10.6 Å². The third-order valence-corrected chi connectivity index (χ3v) is 3.21. The van der Waals surface area contributed by atoms with Gasteiger partial charge in [0.25, 0.3) is 0 Å². The van der Waals surface area contributed by atoms with Gasteiger partial charge in [-0.1, -0.05) is 0 Å². The quantitative estimate of drug-likeness (QED) is 0.770. The van der Waals surface area contributed by atoms with Gasteiger partial charge in [0, 0.05) is 31.5 Å². The molecule has 2 aliphatic heterocycles. The summed E-state index contributed by atoms with van der Waals surface area (Å²) in [6.45, 7) is 3.51. The molecule has 4 nitrogen and oxygen atoms in total. The summed E-state index contributed by atoms with van der Waals surface area (Å²) in [5, 5.41) is 6.32. The van der Waals surface area contributed by atoms with Gasteiger partial charge in [-0.05, 0) is 25.8 Å². The lowest BCUT2D eigenvalue weighted by atomic mass is 10.1. The van der Waals surface area contributed by atoms with Crippen molar-refractivity contribution in [2.24, 2.45) is 5.92 Å². The number of hydrogen-bond donors (Lipinski definition) is 2. The summed E-state index contributed by atoms with van der Waals surface area (Å²) in [7, 11) is 0. The molecule has 94 valence electrons. The first-order valence-electron chi connectivity index (χ1n) is 5.92. The largest absolute Gasteiger partial charge is 0.381 e. The summed E-state index contributed by atoms with van der Waals surface area (Å²) in [5.74, 6) is 0.715. The Morgan fingerprint density at radius 3 is 2.94 bits per heavy atom. The van der Waals surface area contributed by atoms with Gasteiger partial charge in [0.15, 0.2) is 0 Å². The van der Waals surface area contributed by atoms with Crippen molar-refractivity contribution >= 4 is 18.3 Å². The SMILES string of the molecule is Cl.O=C(CC1CCCN1)NCC1CCOC1. The van der Waals surface area contributed by atoms with E-state index in [0.717, 1.165) is 39.1 Å². The molecule has 0 radical (unpaired) electrons. The van der Waals surface area contributed by atoms with E-state index in [4.69, 9.17) is 4.74 Å². The summed E-state index contributed by atoms with van der Waals surface area (Å²) in [6, 6.07) is 0.407. The highest BCUT2D eigenvalue weighted by Gasteiger charge is 2.19. The van der Waals surface area contributed by atoms with Crippen LogP contribution in [0.3, 0.4) is 0 Å². The molecule has 0 aromatic heterocycles. The van der Waals surface area contributed by atoms with Crippen molar-refractivity contribution in [2.75, 3.05) is 26.3 Å². The number of carbonyl (C=O) groups excluding carboxylic acids is 1. The molecule has 0 aromatic carbocycles. The lowest BCUT2D eigenvalue weighted by Gasteiger charge is -2.12. The van der Waals surface area contributed by atoms with E-state index in [0.29, 0.717) is 18.4 Å². The van der Waals surface area contributed by atoms with E-state index >= 15 is 0 Å². The minimum absolute atomic E-state index is 0. The second kappa shape index (κ2) is 7.09. The van der Waals surface area contributed by atoms with Gasteiger partial charge < -0.3 is 15.4 Å². The van der Waals surface area contributed by atoms with Gasteiger partial charge in [-0.2, -0.15) is 0 Å². The fourth-order valence-corrected chi connectivity index (χ4v) is 2.23. The molecule has 2 unspecified atom stereocenters. The molecule has 2 fully saturated rings. The van der Waals surface area contributed by atoms with Crippen LogP contribution in [0.1, 0.15) is 25.7 Å². The lowest BCUT2D eigenvalue weighted by molar-refractivity contribution is -0.121. The number of halogens is 1. The van der Waals surface area contributed by atoms with E-state index in [2.05, 4.69) is 10.6 Å². The summed E-state index contributed by atoms with van der Waals surface area (Å²) < 4.78 is 5.26. The van der Waals surface area contributed by atoms with E-state index in [-0.39, 0.29) is 18.3 Å². The maximum absolute atomic E-state index is 11.6. The molecule has 2 N–H and O–H groups in total. The molecule has 0 bridgehead atoms. The van der Waals surface area contributed by atoms with Gasteiger partial charge in [0.1, 0.15) is 0 Å². The molecular weight excluding hydrogens is 228 g/mol. The minimum atomic E-state index is 0. The number of rotatable bonds is 4. The van der Waals surface area contributed by atoms with Crippen LogP contribution in [0.25, 0.3) is 0 Å². The number of nitrogens with one attached hydrogen (secondary N) is 2. The standard InChI is InChI=1S/C11H20N2O2.ClH/c14-11(6-10-2-1-4-12-10)13-7-9-3-5-15-8-9;/h9-10,12H,1-8H2,(H,13,14);1H. The summed E-state index contributed by atoms with van der Waals surface area (Å²) in [6.07, 6.45) is 4.06. The highest BCUT2D eigenvalue weighted by molar-refractivity contribution is 5.85. The van der Waals surface area contributed by atoms with Crippen molar-refractivity contribution in [3.05, 3.63) is 0 Å². The van der Waals surface area contributed by atoms with Crippen molar-refractivity contribution in [3.8, 4) is 0 Å². The van der Waals surface area contributed by atoms with Gasteiger partial charge >= 0.3 is 0 Å². The van der Waals surface area contributed by atoms with Crippen LogP contribution in [0, 0.1) is 5.92 Å². The molecule has 1 amide bonds. The first-order chi connectivity index (χ1) is 7.34. The average Bonchev–Trinajstić information content (AvgIpc) is 2.86. The zero-order chi connectivity index (χ0) is 10.5. The molecule has 2 heterocycles. The predicted molar refractivity (Wildman–Crippen MR) is 64.8 cm³/mol. The molecule has 5 heteroatoms. The number of ether oxygens (including phenoxy) is 1. The first-order valence-corrected chi connectivity index (χ1v) is 5.92. The molecule has 0 saturated carbocycles. The molecule has 0 spiro atoms. The average molecular weight is 249 g/mol. The smallest absolute Gasteiger partial charge is 0.221 e. The third kappa shape index (κ3) is 4.28. The molecule has 16 heavy (non-hydrogen) atoms. The first kappa shape index (κ1) is 13.7. The summed E-state index contributed by atoms with van der Waals surface area (Å²) >= 11 is 0. The van der Waals surface area contributed by atoms with E-state index in [1.807, 2.05) is 0 Å². The molecule has 2 aliphatic rings. The molecule has 2 atom stereocenters. The zero-order valence-corrected chi connectivity index (χ0v) is 10.4. The Balaban J connectivity index is 0.00000128. The molecular formula is C11H21ClN2O2. The summed E-state index contributed by atoms with van der Waals surface area (Å²) in [4.78, 5) is 11.6. The Hall–Kier alpha value is -0.320. The molecule has 0 aromatic rings. The number of amides is 1. The maximum atomic E-state index is 11.6. The third-order valence-electron chi connectivity index (χ3n) is 3.21. The van der Waals surface area contributed by atoms with Crippen LogP contribution in [0.4, 0.5) is 0 Å². The van der Waals surface area contributed by atoms with Crippen molar-refractivity contribution in [1.29, 1.82) is 0 Å². The van der Waals surface area contributed by atoms with E-state index in [9.17, 15) is 4.79 Å². The maximum Gasteiger partial charge on any atom is 0.221 e. The van der Waals surface area contributed by atoms with Crippen LogP contribution in [0.15, 0.2) is 0 Å². The van der Waals surface area contributed by atoms with Crippen LogP contribution in [0.5, 0.6) is 0 Å². The van der Waals surface area contributed by atoms with Gasteiger partial charge in [0.05, 0.1) is 6.61 Å². The van der Waals surface area contributed by atoms with Crippen molar-refractivity contribution in [3.63, 3.8) is 0 Å². The van der Waals surface area contributed by atoms with Crippen molar-refractivity contribution in [1.82, 2.24) is 10.6 Å². The number of carbonyl (C=O) groups is 1. The monoisotopic (exact) mass is 248 g/mol. The van der Waals surface area contributed by atoms with Gasteiger partial charge in [-0.25, -0.2) is 0 Å². The van der Waals surface area contributed by atoms with E-state index < -0.39 is 0 Å².